The molecule has 304 valence electrons. The molecule has 17 nitrogen and oxygen atoms in total. The molecule has 5 atom stereocenters. The SMILES string of the molecule is NC(N)=NCCC[C@@H]1NC(=O)[C@H](Cc2ccc3ccccc3c2)NC(=O)[C@@H]2CCCCN2C(=O)[C@@H](Cc2ccc(O)cc2)NC(=O)[C@@H](CCCN=C(N)N)NC1=O. The number of hydrogen-bond acceptors (Lipinski definition) is 8. The highest BCUT2D eigenvalue weighted by molar-refractivity contribution is 5.98. The van der Waals surface area contributed by atoms with Gasteiger partial charge < -0.3 is 54.2 Å². The van der Waals surface area contributed by atoms with Crippen molar-refractivity contribution >= 4 is 52.2 Å². The van der Waals surface area contributed by atoms with Crippen LogP contribution < -0.4 is 44.2 Å². The Morgan fingerprint density at radius 2 is 1.16 bits per heavy atom. The van der Waals surface area contributed by atoms with Gasteiger partial charge in [0.2, 0.25) is 29.5 Å². The number of hydrogen-bond donors (Lipinski definition) is 9. The number of fused-ring (bicyclic) bond motifs is 2. The summed E-state index contributed by atoms with van der Waals surface area (Å²) in [5.74, 6) is -3.20. The number of phenolic OH excluding ortho intramolecular Hbond substituents is 1. The van der Waals surface area contributed by atoms with Gasteiger partial charge in [-0.15, -0.1) is 0 Å². The van der Waals surface area contributed by atoms with Crippen LogP contribution in [0.4, 0.5) is 0 Å². The minimum Gasteiger partial charge on any atom is -0.508 e. The van der Waals surface area contributed by atoms with E-state index in [1.165, 1.54) is 17.0 Å². The van der Waals surface area contributed by atoms with Crippen molar-refractivity contribution in [3.63, 3.8) is 0 Å². The van der Waals surface area contributed by atoms with Crippen molar-refractivity contribution in [2.75, 3.05) is 19.6 Å². The van der Waals surface area contributed by atoms with E-state index in [2.05, 4.69) is 31.3 Å². The van der Waals surface area contributed by atoms with E-state index in [1.807, 2.05) is 42.5 Å². The molecule has 0 aliphatic carbocycles. The van der Waals surface area contributed by atoms with Crippen molar-refractivity contribution in [2.45, 2.75) is 88.0 Å². The van der Waals surface area contributed by atoms with E-state index >= 15 is 0 Å². The Bertz CT molecular complexity index is 1960. The molecule has 0 saturated carbocycles. The monoisotopic (exact) mass is 783 g/mol. The number of rotatable bonds is 12. The van der Waals surface area contributed by atoms with Crippen LogP contribution in [0.1, 0.15) is 56.1 Å². The molecule has 0 aromatic heterocycles. The van der Waals surface area contributed by atoms with Crippen molar-refractivity contribution < 1.29 is 29.1 Å². The molecule has 5 amide bonds. The first-order chi connectivity index (χ1) is 27.4. The molecule has 17 heteroatoms. The van der Waals surface area contributed by atoms with Crippen molar-refractivity contribution in [3.8, 4) is 5.75 Å². The molecule has 13 N–H and O–H groups in total. The number of aromatic hydroxyl groups is 1. The van der Waals surface area contributed by atoms with E-state index in [1.54, 1.807) is 12.1 Å². The fraction of sp³-hybridized carbons (Fsp3) is 0.425. The maximum Gasteiger partial charge on any atom is 0.246 e. The zero-order valence-corrected chi connectivity index (χ0v) is 31.9. The minimum absolute atomic E-state index is 0.0294. The quantitative estimate of drug-likeness (QED) is 0.0661. The Morgan fingerprint density at radius 1 is 0.632 bits per heavy atom. The Morgan fingerprint density at radius 3 is 1.77 bits per heavy atom. The van der Waals surface area contributed by atoms with Crippen molar-refractivity contribution in [1.29, 1.82) is 0 Å². The second kappa shape index (κ2) is 20.0. The predicted molar refractivity (Wildman–Crippen MR) is 216 cm³/mol. The minimum atomic E-state index is -1.17. The van der Waals surface area contributed by atoms with E-state index in [-0.39, 0.29) is 69.4 Å². The zero-order valence-electron chi connectivity index (χ0n) is 31.9. The molecule has 0 spiro atoms. The summed E-state index contributed by atoms with van der Waals surface area (Å²) in [7, 11) is 0. The molecule has 3 aromatic rings. The van der Waals surface area contributed by atoms with E-state index in [4.69, 9.17) is 22.9 Å². The van der Waals surface area contributed by atoms with Crippen LogP contribution in [0.25, 0.3) is 10.8 Å². The molecule has 57 heavy (non-hydrogen) atoms. The largest absolute Gasteiger partial charge is 0.508 e. The third-order valence-corrected chi connectivity index (χ3v) is 10.1. The fourth-order valence-electron chi connectivity index (χ4n) is 7.18. The number of phenols is 1. The summed E-state index contributed by atoms with van der Waals surface area (Å²) in [5, 5.41) is 23.3. The third-order valence-electron chi connectivity index (χ3n) is 10.1. The first-order valence-corrected chi connectivity index (χ1v) is 19.3. The number of benzene rings is 3. The van der Waals surface area contributed by atoms with Crippen LogP contribution in [0.15, 0.2) is 76.7 Å². The Kier molecular flexibility index (Phi) is 14.6. The van der Waals surface area contributed by atoms with Gasteiger partial charge in [-0.25, -0.2) is 0 Å². The molecular formula is C40H53N11O6. The van der Waals surface area contributed by atoms with Gasteiger partial charge in [-0.3, -0.25) is 34.0 Å². The summed E-state index contributed by atoms with van der Waals surface area (Å²) in [4.78, 5) is 80.9. The van der Waals surface area contributed by atoms with Gasteiger partial charge >= 0.3 is 0 Å². The van der Waals surface area contributed by atoms with Gasteiger partial charge in [0.05, 0.1) is 0 Å². The normalized spacial score (nSPS) is 22.1. The lowest BCUT2D eigenvalue weighted by Gasteiger charge is -2.38. The number of nitrogens with zero attached hydrogens (tertiary/aromatic N) is 3. The first-order valence-electron chi connectivity index (χ1n) is 19.3. The second-order valence-corrected chi connectivity index (χ2v) is 14.4. The molecule has 0 unspecified atom stereocenters. The summed E-state index contributed by atoms with van der Waals surface area (Å²) in [6, 6.07) is 14.2. The topological polar surface area (TPSA) is 286 Å². The van der Waals surface area contributed by atoms with Crippen LogP contribution >= 0.6 is 0 Å². The average molecular weight is 784 g/mol. The lowest BCUT2D eigenvalue weighted by Crippen LogP contribution is -2.60. The van der Waals surface area contributed by atoms with Gasteiger partial charge in [0.1, 0.15) is 36.0 Å². The van der Waals surface area contributed by atoms with Crippen LogP contribution in [0.3, 0.4) is 0 Å². The third kappa shape index (κ3) is 12.0. The average Bonchev–Trinajstić information content (AvgIpc) is 3.19. The molecule has 3 aromatic carbocycles. The molecule has 5 rings (SSSR count). The second-order valence-electron chi connectivity index (χ2n) is 14.4. The van der Waals surface area contributed by atoms with Crippen molar-refractivity contribution in [3.05, 3.63) is 77.9 Å². The van der Waals surface area contributed by atoms with Crippen LogP contribution in [0, 0.1) is 0 Å². The number of nitrogens with one attached hydrogen (secondary N) is 4. The molecule has 2 heterocycles. The van der Waals surface area contributed by atoms with Gasteiger partial charge in [0.15, 0.2) is 11.9 Å². The standard InChI is InChI=1S/C40H53N11O6/c41-39(42)45-18-5-9-29-34(53)47-30(10-6-19-46-40(43)44)35(54)50-32(22-24-13-16-28(52)17-14-24)38(57)51-20-4-3-11-33(51)37(56)49-31(36(55)48-29)23-25-12-15-26-7-1-2-8-27(26)21-25/h1-2,7-8,12-17,21,29-33,52H,3-6,9-11,18-20,22-23H2,(H,47,53)(H,48,55)(H,49,56)(H,50,54)(H4,41,42,45)(H4,43,44,46)/t29-,30+,31-,32+,33-/m0/s1. The maximum atomic E-state index is 14.5. The van der Waals surface area contributed by atoms with Gasteiger partial charge in [-0.05, 0) is 79.0 Å². The first kappa shape index (κ1) is 41.8. The molecule has 0 radical (unpaired) electrons. The lowest BCUT2D eigenvalue weighted by molar-refractivity contribution is -0.145. The number of carbonyl (C=O) groups is 5. The number of piperidine rings is 1. The van der Waals surface area contributed by atoms with Gasteiger partial charge in [0.25, 0.3) is 0 Å². The summed E-state index contributed by atoms with van der Waals surface area (Å²) in [6.07, 6.45) is 2.49. The summed E-state index contributed by atoms with van der Waals surface area (Å²) in [5.41, 5.74) is 23.5. The highest BCUT2D eigenvalue weighted by Crippen LogP contribution is 2.22. The number of amides is 5. The van der Waals surface area contributed by atoms with Crippen LogP contribution in [0.5, 0.6) is 5.75 Å². The Labute approximate surface area is 331 Å². The van der Waals surface area contributed by atoms with Crippen LogP contribution in [-0.2, 0) is 36.8 Å². The highest BCUT2D eigenvalue weighted by Gasteiger charge is 2.39. The molecule has 2 fully saturated rings. The lowest BCUT2D eigenvalue weighted by atomic mass is 9.96. The molecule has 0 bridgehead atoms. The van der Waals surface area contributed by atoms with Crippen molar-refractivity contribution in [1.82, 2.24) is 26.2 Å². The number of carbonyl (C=O) groups excluding carboxylic acids is 5. The van der Waals surface area contributed by atoms with Crippen LogP contribution in [-0.4, -0.2) is 101 Å². The predicted octanol–water partition coefficient (Wildman–Crippen LogP) is -0.228. The van der Waals surface area contributed by atoms with E-state index < -0.39 is 59.7 Å². The molecule has 2 saturated heterocycles. The van der Waals surface area contributed by atoms with Gasteiger partial charge in [-0.2, -0.15) is 0 Å². The molecule has 2 aliphatic rings. The zero-order chi connectivity index (χ0) is 40.9. The van der Waals surface area contributed by atoms with E-state index in [9.17, 15) is 29.1 Å². The fourth-order valence-corrected chi connectivity index (χ4v) is 7.18. The molecule has 2 aliphatic heterocycles. The Hall–Kier alpha value is -6.39. The van der Waals surface area contributed by atoms with Crippen molar-refractivity contribution in [2.24, 2.45) is 32.9 Å². The molecular weight excluding hydrogens is 731 g/mol. The van der Waals surface area contributed by atoms with E-state index in [0.717, 1.165) is 16.3 Å². The number of aliphatic imine (C=N–C) groups is 2. The summed E-state index contributed by atoms with van der Waals surface area (Å²) in [6.45, 7) is 0.577. The number of nitrogens with two attached hydrogens (primary N) is 4. The Balaban J connectivity index is 1.54. The van der Waals surface area contributed by atoms with Gasteiger partial charge in [-0.1, -0.05) is 54.6 Å². The van der Waals surface area contributed by atoms with E-state index in [0.29, 0.717) is 31.2 Å². The summed E-state index contributed by atoms with van der Waals surface area (Å²) < 4.78 is 0. The highest BCUT2D eigenvalue weighted by atomic mass is 16.3. The smallest absolute Gasteiger partial charge is 0.246 e. The maximum absolute atomic E-state index is 14.5. The van der Waals surface area contributed by atoms with Crippen LogP contribution in [0.2, 0.25) is 0 Å². The summed E-state index contributed by atoms with van der Waals surface area (Å²) >= 11 is 0. The number of guanidine groups is 2. The van der Waals surface area contributed by atoms with Gasteiger partial charge in [0, 0.05) is 32.5 Å².